The number of allylic oxidation sites excluding steroid dienone is 2. The fraction of sp³-hybridized carbons (Fsp3) is 0.160. The van der Waals surface area contributed by atoms with Crippen LogP contribution in [0.1, 0.15) is 37.5 Å². The number of Topliss-reactive ketones (excluding diaryl/α,β-unsaturated/α-hetero) is 1. The number of hydrogen-bond donors (Lipinski definition) is 2. The molecule has 30 heavy (non-hydrogen) atoms. The van der Waals surface area contributed by atoms with Crippen molar-refractivity contribution in [3.8, 4) is 11.4 Å². The van der Waals surface area contributed by atoms with Crippen LogP contribution >= 0.6 is 0 Å². The summed E-state index contributed by atoms with van der Waals surface area (Å²) in [5, 5.41) is 3.31. The lowest BCUT2D eigenvalue weighted by molar-refractivity contribution is -0.113. The summed E-state index contributed by atoms with van der Waals surface area (Å²) < 4.78 is 0. The molecule has 0 radical (unpaired) electrons. The van der Waals surface area contributed by atoms with E-state index in [0.717, 1.165) is 39.1 Å². The van der Waals surface area contributed by atoms with E-state index < -0.39 is 0 Å². The van der Waals surface area contributed by atoms with Crippen molar-refractivity contribution >= 4 is 28.9 Å². The fourth-order valence-electron chi connectivity index (χ4n) is 2.94. The van der Waals surface area contributed by atoms with Crippen LogP contribution in [0.3, 0.4) is 0 Å². The van der Waals surface area contributed by atoms with Crippen molar-refractivity contribution in [1.29, 1.82) is 0 Å². The summed E-state index contributed by atoms with van der Waals surface area (Å²) in [6, 6.07) is 15.9. The first-order chi connectivity index (χ1) is 14.4. The van der Waals surface area contributed by atoms with Crippen LogP contribution in [0.2, 0.25) is 0 Å². The first-order valence-electron chi connectivity index (χ1n) is 9.76. The molecule has 5 heteroatoms. The highest BCUT2D eigenvalue weighted by Crippen LogP contribution is 2.24. The van der Waals surface area contributed by atoms with Gasteiger partial charge < -0.3 is 11.1 Å². The molecule has 1 heterocycles. The predicted molar refractivity (Wildman–Crippen MR) is 124 cm³/mol. The van der Waals surface area contributed by atoms with Crippen LogP contribution in [0.5, 0.6) is 0 Å². The van der Waals surface area contributed by atoms with E-state index in [1.54, 1.807) is 19.3 Å². The lowest BCUT2D eigenvalue weighted by Crippen LogP contribution is -1.98. The van der Waals surface area contributed by atoms with Gasteiger partial charge >= 0.3 is 0 Å². The number of carbonyl (C=O) groups is 1. The van der Waals surface area contributed by atoms with E-state index in [2.05, 4.69) is 15.3 Å². The minimum atomic E-state index is 0.0721. The highest BCUT2D eigenvalue weighted by atomic mass is 16.1. The Kier molecular flexibility index (Phi) is 6.42. The highest BCUT2D eigenvalue weighted by Gasteiger charge is 2.07. The molecule has 0 fully saturated rings. The van der Waals surface area contributed by atoms with Crippen molar-refractivity contribution in [3.63, 3.8) is 0 Å². The molecule has 3 rings (SSSR count). The van der Waals surface area contributed by atoms with Crippen LogP contribution in [0.15, 0.2) is 66.5 Å². The van der Waals surface area contributed by atoms with Crippen LogP contribution < -0.4 is 11.1 Å². The summed E-state index contributed by atoms with van der Waals surface area (Å²) >= 11 is 0. The van der Waals surface area contributed by atoms with Crippen LogP contribution in [0, 0.1) is 6.92 Å². The van der Waals surface area contributed by atoms with E-state index in [-0.39, 0.29) is 5.78 Å². The van der Waals surface area contributed by atoms with Crippen molar-refractivity contribution in [3.05, 3.63) is 83.2 Å². The van der Waals surface area contributed by atoms with E-state index in [4.69, 9.17) is 5.73 Å². The molecular formula is C25H26N4O. The molecule has 0 atom stereocenters. The maximum Gasteiger partial charge on any atom is 0.161 e. The van der Waals surface area contributed by atoms with E-state index in [0.29, 0.717) is 11.6 Å². The van der Waals surface area contributed by atoms with Gasteiger partial charge in [0.1, 0.15) is 5.82 Å². The van der Waals surface area contributed by atoms with Crippen LogP contribution in [-0.4, -0.2) is 15.8 Å². The minimum Gasteiger partial charge on any atom is -0.404 e. The number of benzene rings is 2. The number of rotatable bonds is 6. The van der Waals surface area contributed by atoms with Gasteiger partial charge in [-0.3, -0.25) is 4.79 Å². The summed E-state index contributed by atoms with van der Waals surface area (Å²) in [5.74, 6) is 1.43. The van der Waals surface area contributed by atoms with E-state index in [9.17, 15) is 4.79 Å². The molecule has 0 aliphatic rings. The molecule has 152 valence electrons. The third kappa shape index (κ3) is 5.00. The molecule has 1 aromatic heterocycles. The highest BCUT2D eigenvalue weighted by molar-refractivity contribution is 5.97. The van der Waals surface area contributed by atoms with E-state index >= 15 is 0 Å². The lowest BCUT2D eigenvalue weighted by Gasteiger charge is -2.09. The van der Waals surface area contributed by atoms with E-state index in [1.807, 2.05) is 75.4 Å². The second-order valence-corrected chi connectivity index (χ2v) is 7.27. The molecular weight excluding hydrogens is 372 g/mol. The second-order valence-electron chi connectivity index (χ2n) is 7.27. The number of anilines is 2. The Morgan fingerprint density at radius 3 is 2.40 bits per heavy atom. The topological polar surface area (TPSA) is 80.9 Å². The number of hydrogen-bond acceptors (Lipinski definition) is 5. The average molecular weight is 399 g/mol. The summed E-state index contributed by atoms with van der Waals surface area (Å²) in [7, 11) is 0. The monoisotopic (exact) mass is 398 g/mol. The zero-order valence-corrected chi connectivity index (χ0v) is 17.7. The van der Waals surface area contributed by atoms with Crippen LogP contribution in [0.4, 0.5) is 11.5 Å². The molecule has 0 aliphatic carbocycles. The molecule has 0 aliphatic heterocycles. The fourth-order valence-corrected chi connectivity index (χ4v) is 2.94. The first-order valence-corrected chi connectivity index (χ1v) is 9.76. The Morgan fingerprint density at radius 1 is 1.03 bits per heavy atom. The third-order valence-corrected chi connectivity index (χ3v) is 4.97. The first kappa shape index (κ1) is 21.0. The molecule has 3 aromatic rings. The number of carbonyl (C=O) groups excluding carboxylic acids is 1. The number of nitrogens with one attached hydrogen (secondary N) is 1. The van der Waals surface area contributed by atoms with Gasteiger partial charge in [-0.05, 0) is 92.1 Å². The Hall–Kier alpha value is -3.73. The van der Waals surface area contributed by atoms with Crippen LogP contribution in [0.25, 0.3) is 23.0 Å². The van der Waals surface area contributed by atoms with Crippen molar-refractivity contribution < 1.29 is 4.79 Å². The van der Waals surface area contributed by atoms with Gasteiger partial charge in [-0.15, -0.1) is 0 Å². The maximum absolute atomic E-state index is 11.5. The van der Waals surface area contributed by atoms with Gasteiger partial charge in [-0.25, -0.2) is 9.97 Å². The summed E-state index contributed by atoms with van der Waals surface area (Å²) in [5.41, 5.74) is 12.4. The standard InChI is InChI=1S/C25H26N4O/c1-16(19(4)30)13-21-5-6-22(14-17(21)2)25-27-12-11-24(29-25)28-23-9-7-20(8-10-23)18(3)15-26/h5-15H,26H2,1-4H3,(H,27,28,29)/b16-13+,18-15+. The Bertz CT molecular complexity index is 1130. The molecule has 0 amide bonds. The lowest BCUT2D eigenvalue weighted by atomic mass is 10.0. The predicted octanol–water partition coefficient (Wildman–Crippen LogP) is 5.51. The van der Waals surface area contributed by atoms with Gasteiger partial charge in [0.05, 0.1) is 0 Å². The smallest absolute Gasteiger partial charge is 0.161 e. The van der Waals surface area contributed by atoms with Gasteiger partial charge in [0.25, 0.3) is 0 Å². The molecule has 0 saturated heterocycles. The number of aromatic nitrogens is 2. The Morgan fingerprint density at radius 2 is 1.77 bits per heavy atom. The van der Waals surface area contributed by atoms with Gasteiger partial charge in [-0.1, -0.05) is 24.3 Å². The molecule has 0 bridgehead atoms. The third-order valence-electron chi connectivity index (χ3n) is 4.97. The molecule has 0 unspecified atom stereocenters. The number of ketones is 1. The summed E-state index contributed by atoms with van der Waals surface area (Å²) in [6.45, 7) is 7.40. The normalized spacial score (nSPS) is 12.0. The zero-order valence-electron chi connectivity index (χ0n) is 17.7. The SMILES string of the molecule is CC(=O)/C(C)=C/c1ccc(-c2nccc(Nc3ccc(/C(C)=C/N)cc3)n2)cc1C. The van der Waals surface area contributed by atoms with Crippen molar-refractivity contribution in [2.75, 3.05) is 5.32 Å². The van der Waals surface area contributed by atoms with Gasteiger partial charge in [0.2, 0.25) is 0 Å². The second kappa shape index (κ2) is 9.18. The van der Waals surface area contributed by atoms with Crippen molar-refractivity contribution in [2.45, 2.75) is 27.7 Å². The molecule has 3 N–H and O–H groups in total. The minimum absolute atomic E-state index is 0.0721. The number of nitrogens with two attached hydrogens (primary N) is 1. The van der Waals surface area contributed by atoms with Crippen LogP contribution in [-0.2, 0) is 4.79 Å². The zero-order chi connectivity index (χ0) is 21.7. The molecule has 0 saturated carbocycles. The number of nitrogens with zero attached hydrogens (tertiary/aromatic N) is 2. The van der Waals surface area contributed by atoms with Gasteiger partial charge in [0.15, 0.2) is 11.6 Å². The average Bonchev–Trinajstić information content (AvgIpc) is 2.75. The largest absolute Gasteiger partial charge is 0.404 e. The Labute approximate surface area is 177 Å². The molecule has 5 nitrogen and oxygen atoms in total. The maximum atomic E-state index is 11.5. The molecule has 0 spiro atoms. The van der Waals surface area contributed by atoms with E-state index in [1.165, 1.54) is 0 Å². The van der Waals surface area contributed by atoms with Crippen molar-refractivity contribution in [2.24, 2.45) is 5.73 Å². The quantitative estimate of drug-likeness (QED) is 0.535. The summed E-state index contributed by atoms with van der Waals surface area (Å²) in [4.78, 5) is 20.6. The van der Waals surface area contributed by atoms with Gasteiger partial charge in [-0.2, -0.15) is 0 Å². The Balaban J connectivity index is 1.82. The summed E-state index contributed by atoms with van der Waals surface area (Å²) in [6.07, 6.45) is 5.25. The van der Waals surface area contributed by atoms with Crippen molar-refractivity contribution in [1.82, 2.24) is 9.97 Å². The molecule has 2 aromatic carbocycles. The van der Waals surface area contributed by atoms with Gasteiger partial charge in [0, 0.05) is 17.4 Å². The number of aryl methyl sites for hydroxylation is 1.